The van der Waals surface area contributed by atoms with Gasteiger partial charge in [0.25, 0.3) is 0 Å². The zero-order chi connectivity index (χ0) is 12.0. The molecule has 5 nitrogen and oxygen atoms in total. The molecule has 2 atom stereocenters. The van der Waals surface area contributed by atoms with Crippen LogP contribution in [0.1, 0.15) is 6.92 Å². The Balaban J connectivity index is 2.45. The minimum absolute atomic E-state index is 0.0261. The van der Waals surface area contributed by atoms with Gasteiger partial charge in [-0.2, -0.15) is 0 Å². The molecule has 2 N–H and O–H groups in total. The zero-order valence-electron chi connectivity index (χ0n) is 10.5. The maximum Gasteiger partial charge on any atom is 0.229 e. The van der Waals surface area contributed by atoms with Crippen LogP contribution < -0.4 is 10.6 Å². The average Bonchev–Trinajstić information content (AvgIpc) is 2.73. The first-order valence-electron chi connectivity index (χ1n) is 5.91. The van der Waals surface area contributed by atoms with Gasteiger partial charge in [0.2, 0.25) is 5.91 Å². The third-order valence-corrected chi connectivity index (χ3v) is 2.94. The van der Waals surface area contributed by atoms with Crippen LogP contribution in [0, 0.1) is 5.92 Å². The van der Waals surface area contributed by atoms with E-state index in [4.69, 9.17) is 4.74 Å². The maximum absolute atomic E-state index is 12.1. The van der Waals surface area contributed by atoms with Crippen molar-refractivity contribution < 1.29 is 9.53 Å². The fourth-order valence-corrected chi connectivity index (χ4v) is 1.93. The van der Waals surface area contributed by atoms with Gasteiger partial charge in [-0.1, -0.05) is 6.92 Å². The molecule has 1 fully saturated rings. The van der Waals surface area contributed by atoms with E-state index < -0.39 is 0 Å². The van der Waals surface area contributed by atoms with Crippen LogP contribution >= 0.6 is 0 Å². The summed E-state index contributed by atoms with van der Waals surface area (Å²) in [6, 6.07) is 0.175. The summed E-state index contributed by atoms with van der Waals surface area (Å²) in [6.45, 7) is 5.67. The van der Waals surface area contributed by atoms with Crippen molar-refractivity contribution in [3.05, 3.63) is 0 Å². The summed E-state index contributed by atoms with van der Waals surface area (Å²) in [5.74, 6) is 0.153. The molecule has 0 spiro atoms. The van der Waals surface area contributed by atoms with Gasteiger partial charge in [0.05, 0.1) is 19.1 Å². The van der Waals surface area contributed by atoms with Crippen LogP contribution in [0.25, 0.3) is 0 Å². The lowest BCUT2D eigenvalue weighted by Crippen LogP contribution is -2.45. The van der Waals surface area contributed by atoms with Gasteiger partial charge in [-0.15, -0.1) is 0 Å². The van der Waals surface area contributed by atoms with E-state index in [0.717, 1.165) is 19.6 Å². The monoisotopic (exact) mass is 229 g/mol. The van der Waals surface area contributed by atoms with E-state index in [9.17, 15) is 4.79 Å². The number of carbonyl (C=O) groups is 1. The molecule has 0 aliphatic carbocycles. The van der Waals surface area contributed by atoms with Crippen LogP contribution in [-0.4, -0.2) is 63.8 Å². The number of hydrogen-bond acceptors (Lipinski definition) is 4. The van der Waals surface area contributed by atoms with Crippen molar-refractivity contribution in [2.24, 2.45) is 5.92 Å². The van der Waals surface area contributed by atoms with Crippen molar-refractivity contribution in [1.29, 1.82) is 0 Å². The molecule has 0 bridgehead atoms. The normalized spacial score (nSPS) is 24.7. The minimum Gasteiger partial charge on any atom is -0.379 e. The van der Waals surface area contributed by atoms with Crippen LogP contribution in [0.5, 0.6) is 0 Å². The Labute approximate surface area is 97.5 Å². The molecular formula is C11H23N3O2. The number of rotatable bonds is 6. The highest BCUT2D eigenvalue weighted by atomic mass is 16.5. The number of nitrogens with one attached hydrogen (secondary N) is 2. The number of likely N-dealkylation sites (N-methyl/N-ethyl adjacent to an activating group) is 3. The predicted molar refractivity (Wildman–Crippen MR) is 63.3 cm³/mol. The van der Waals surface area contributed by atoms with E-state index >= 15 is 0 Å². The van der Waals surface area contributed by atoms with Crippen LogP contribution in [0.4, 0.5) is 0 Å². The van der Waals surface area contributed by atoms with Crippen molar-refractivity contribution in [3.8, 4) is 0 Å². The first kappa shape index (κ1) is 13.4. The number of nitrogens with zero attached hydrogens (tertiary/aromatic N) is 1. The Morgan fingerprint density at radius 3 is 2.88 bits per heavy atom. The summed E-state index contributed by atoms with van der Waals surface area (Å²) in [5.41, 5.74) is 0. The molecule has 1 saturated heterocycles. The first-order chi connectivity index (χ1) is 7.70. The quantitative estimate of drug-likeness (QED) is 0.632. The molecule has 0 radical (unpaired) electrons. The highest BCUT2D eigenvalue weighted by molar-refractivity contribution is 5.79. The Bertz CT molecular complexity index is 223. The molecule has 1 amide bonds. The summed E-state index contributed by atoms with van der Waals surface area (Å²) >= 11 is 0. The molecule has 1 rings (SSSR count). The first-order valence-corrected chi connectivity index (χ1v) is 5.91. The van der Waals surface area contributed by atoms with Crippen LogP contribution in [0.15, 0.2) is 0 Å². The van der Waals surface area contributed by atoms with E-state index in [2.05, 4.69) is 10.6 Å². The van der Waals surface area contributed by atoms with Crippen molar-refractivity contribution in [2.75, 3.05) is 46.9 Å². The highest BCUT2D eigenvalue weighted by Crippen LogP contribution is 2.15. The van der Waals surface area contributed by atoms with E-state index in [1.165, 1.54) is 0 Å². The van der Waals surface area contributed by atoms with Gasteiger partial charge >= 0.3 is 0 Å². The van der Waals surface area contributed by atoms with E-state index in [-0.39, 0.29) is 17.9 Å². The molecule has 1 aliphatic heterocycles. The molecule has 16 heavy (non-hydrogen) atoms. The topological polar surface area (TPSA) is 53.6 Å². The van der Waals surface area contributed by atoms with Crippen molar-refractivity contribution in [3.63, 3.8) is 0 Å². The van der Waals surface area contributed by atoms with Crippen molar-refractivity contribution >= 4 is 5.91 Å². The van der Waals surface area contributed by atoms with Gasteiger partial charge in [0.1, 0.15) is 0 Å². The lowest BCUT2D eigenvalue weighted by atomic mass is 10.0. The van der Waals surface area contributed by atoms with Crippen LogP contribution in [-0.2, 0) is 9.53 Å². The smallest absolute Gasteiger partial charge is 0.229 e. The maximum atomic E-state index is 12.1. The summed E-state index contributed by atoms with van der Waals surface area (Å²) < 4.78 is 5.37. The minimum atomic E-state index is -0.0261. The fourth-order valence-electron chi connectivity index (χ4n) is 1.93. The zero-order valence-corrected chi connectivity index (χ0v) is 10.5. The highest BCUT2D eigenvalue weighted by Gasteiger charge is 2.34. The number of carbonyl (C=O) groups excluding carboxylic acids is 1. The van der Waals surface area contributed by atoms with Crippen molar-refractivity contribution in [1.82, 2.24) is 15.5 Å². The second kappa shape index (κ2) is 6.83. The SMILES string of the molecule is CCNC1COCC1C(=O)N(C)CCNC. The molecule has 0 aromatic carbocycles. The summed E-state index contributed by atoms with van der Waals surface area (Å²) in [5, 5.41) is 6.34. The number of amides is 1. The average molecular weight is 229 g/mol. The van der Waals surface area contributed by atoms with Gasteiger partial charge in [-0.25, -0.2) is 0 Å². The summed E-state index contributed by atoms with van der Waals surface area (Å²) in [7, 11) is 3.74. The third-order valence-electron chi connectivity index (χ3n) is 2.94. The molecule has 0 aromatic rings. The Hall–Kier alpha value is -0.650. The molecule has 0 saturated carbocycles. The van der Waals surface area contributed by atoms with Gasteiger partial charge in [0, 0.05) is 26.2 Å². The standard InChI is InChI=1S/C11H23N3O2/c1-4-13-10-8-16-7-9(10)11(15)14(3)6-5-12-2/h9-10,12-13H,4-8H2,1-3H3. The fraction of sp³-hybridized carbons (Fsp3) is 0.909. The second-order valence-electron chi connectivity index (χ2n) is 4.17. The van der Waals surface area contributed by atoms with Crippen molar-refractivity contribution in [2.45, 2.75) is 13.0 Å². The molecule has 94 valence electrons. The van der Waals surface area contributed by atoms with Crippen LogP contribution in [0.3, 0.4) is 0 Å². The van der Waals surface area contributed by atoms with E-state index in [1.54, 1.807) is 4.90 Å². The third kappa shape index (κ3) is 3.43. The van der Waals surface area contributed by atoms with E-state index in [0.29, 0.717) is 13.2 Å². The molecule has 0 aromatic heterocycles. The van der Waals surface area contributed by atoms with Gasteiger partial charge < -0.3 is 20.3 Å². The second-order valence-corrected chi connectivity index (χ2v) is 4.17. The largest absolute Gasteiger partial charge is 0.379 e. The summed E-state index contributed by atoms with van der Waals surface area (Å²) in [4.78, 5) is 13.9. The number of hydrogen-bond donors (Lipinski definition) is 2. The molecule has 1 heterocycles. The number of ether oxygens (including phenoxy) is 1. The van der Waals surface area contributed by atoms with E-state index in [1.807, 2.05) is 21.0 Å². The van der Waals surface area contributed by atoms with Gasteiger partial charge in [0.15, 0.2) is 0 Å². The van der Waals surface area contributed by atoms with Crippen LogP contribution in [0.2, 0.25) is 0 Å². The summed E-state index contributed by atoms with van der Waals surface area (Å²) in [6.07, 6.45) is 0. The molecule has 2 unspecified atom stereocenters. The lowest BCUT2D eigenvalue weighted by molar-refractivity contribution is -0.134. The Morgan fingerprint density at radius 1 is 1.50 bits per heavy atom. The molecule has 1 aliphatic rings. The predicted octanol–water partition coefficient (Wildman–Crippen LogP) is -0.711. The Kier molecular flexibility index (Phi) is 5.73. The molecular weight excluding hydrogens is 206 g/mol. The van der Waals surface area contributed by atoms with Gasteiger partial charge in [-0.05, 0) is 13.6 Å². The Morgan fingerprint density at radius 2 is 2.25 bits per heavy atom. The van der Waals surface area contributed by atoms with Gasteiger partial charge in [-0.3, -0.25) is 4.79 Å². The lowest BCUT2D eigenvalue weighted by Gasteiger charge is -2.24. The molecule has 5 heteroatoms.